The zero-order chi connectivity index (χ0) is 14.7. The van der Waals surface area contributed by atoms with Crippen molar-refractivity contribution in [2.75, 3.05) is 31.1 Å². The van der Waals surface area contributed by atoms with Crippen LogP contribution in [0.25, 0.3) is 10.8 Å². The first-order valence-corrected chi connectivity index (χ1v) is 8.18. The number of ether oxygens (including phenoxy) is 1. The summed E-state index contributed by atoms with van der Waals surface area (Å²) >= 11 is 3.61. The summed E-state index contributed by atoms with van der Waals surface area (Å²) in [6, 6.07) is 8.33. The molecule has 0 amide bonds. The van der Waals surface area contributed by atoms with Gasteiger partial charge in [-0.3, -0.25) is 0 Å². The minimum Gasteiger partial charge on any atom is -0.377 e. The van der Waals surface area contributed by atoms with Crippen LogP contribution in [0.2, 0.25) is 0 Å². The second kappa shape index (κ2) is 6.73. The maximum atomic E-state index is 5.74. The van der Waals surface area contributed by atoms with E-state index in [0.717, 1.165) is 36.2 Å². The third-order valence-corrected chi connectivity index (χ3v) is 4.64. The van der Waals surface area contributed by atoms with E-state index < -0.39 is 0 Å². The average molecular weight is 350 g/mol. The average Bonchev–Trinajstić information content (AvgIpc) is 2.53. The number of aromatic nitrogens is 1. The summed E-state index contributed by atoms with van der Waals surface area (Å²) in [6.45, 7) is 3.21. The predicted molar refractivity (Wildman–Crippen MR) is 89.7 cm³/mol. The van der Waals surface area contributed by atoms with Crippen molar-refractivity contribution in [3.63, 3.8) is 0 Å². The van der Waals surface area contributed by atoms with E-state index in [4.69, 9.17) is 10.5 Å². The summed E-state index contributed by atoms with van der Waals surface area (Å²) < 4.78 is 6.86. The van der Waals surface area contributed by atoms with E-state index in [1.807, 2.05) is 6.20 Å². The van der Waals surface area contributed by atoms with Gasteiger partial charge in [0.1, 0.15) is 5.82 Å². The number of anilines is 1. The van der Waals surface area contributed by atoms with Crippen LogP contribution < -0.4 is 10.6 Å². The molecule has 0 saturated carbocycles. The number of hydrogen-bond acceptors (Lipinski definition) is 4. The van der Waals surface area contributed by atoms with Crippen LogP contribution in [-0.2, 0) is 4.74 Å². The number of halogens is 1. The van der Waals surface area contributed by atoms with Gasteiger partial charge in [0.05, 0.1) is 12.7 Å². The lowest BCUT2D eigenvalue weighted by atomic mass is 10.1. The number of fused-ring (bicyclic) bond motifs is 1. The van der Waals surface area contributed by atoms with Gasteiger partial charge in [0.25, 0.3) is 0 Å². The topological polar surface area (TPSA) is 51.4 Å². The molecule has 0 aliphatic carbocycles. The summed E-state index contributed by atoms with van der Waals surface area (Å²) in [5, 5.41) is 2.41. The van der Waals surface area contributed by atoms with Crippen LogP contribution in [0.3, 0.4) is 0 Å². The molecule has 0 unspecified atom stereocenters. The van der Waals surface area contributed by atoms with Crippen molar-refractivity contribution in [2.45, 2.75) is 18.9 Å². The molecule has 1 aromatic carbocycles. The molecule has 2 aromatic rings. The molecule has 1 saturated heterocycles. The minimum atomic E-state index is 0.339. The van der Waals surface area contributed by atoms with Gasteiger partial charge < -0.3 is 15.4 Å². The first-order chi connectivity index (χ1) is 10.3. The monoisotopic (exact) mass is 349 g/mol. The second-order valence-corrected chi connectivity index (χ2v) is 6.17. The van der Waals surface area contributed by atoms with E-state index in [1.165, 1.54) is 10.8 Å². The van der Waals surface area contributed by atoms with E-state index in [-0.39, 0.29) is 0 Å². The highest BCUT2D eigenvalue weighted by Gasteiger charge is 2.21. The molecular weight excluding hydrogens is 330 g/mol. The number of benzene rings is 1. The van der Waals surface area contributed by atoms with Crippen LogP contribution in [0.4, 0.5) is 5.82 Å². The number of nitrogens with two attached hydrogens (primary N) is 1. The largest absolute Gasteiger partial charge is 0.377 e. The van der Waals surface area contributed by atoms with Crippen molar-refractivity contribution in [1.82, 2.24) is 4.98 Å². The van der Waals surface area contributed by atoms with Crippen LogP contribution >= 0.6 is 15.9 Å². The fourth-order valence-electron chi connectivity index (χ4n) is 2.87. The van der Waals surface area contributed by atoms with Gasteiger partial charge in [-0.05, 0) is 25.0 Å². The molecule has 1 aromatic heterocycles. The molecule has 0 bridgehead atoms. The molecule has 1 aliphatic heterocycles. The van der Waals surface area contributed by atoms with Crippen molar-refractivity contribution in [3.8, 4) is 0 Å². The minimum absolute atomic E-state index is 0.339. The van der Waals surface area contributed by atoms with Gasteiger partial charge in [-0.15, -0.1) is 0 Å². The van der Waals surface area contributed by atoms with Crippen molar-refractivity contribution >= 4 is 32.5 Å². The molecule has 5 heteroatoms. The summed E-state index contributed by atoms with van der Waals surface area (Å²) in [5.41, 5.74) is 5.49. The molecule has 112 valence electrons. The van der Waals surface area contributed by atoms with Crippen molar-refractivity contribution in [3.05, 3.63) is 34.9 Å². The third kappa shape index (κ3) is 3.20. The Balaban J connectivity index is 1.78. The lowest BCUT2D eigenvalue weighted by molar-refractivity contribution is 0.0421. The molecule has 0 atom stereocenters. The molecule has 2 N–H and O–H groups in total. The number of pyridine rings is 1. The van der Waals surface area contributed by atoms with Crippen molar-refractivity contribution in [1.29, 1.82) is 0 Å². The lowest BCUT2D eigenvalue weighted by Crippen LogP contribution is -2.38. The summed E-state index contributed by atoms with van der Waals surface area (Å²) in [6.07, 6.45) is 4.30. The molecule has 1 aliphatic rings. The molecule has 1 fully saturated rings. The fraction of sp³-hybridized carbons (Fsp3) is 0.438. The predicted octanol–water partition coefficient (Wildman–Crippen LogP) is 2.94. The number of nitrogens with zero attached hydrogens (tertiary/aromatic N) is 2. The summed E-state index contributed by atoms with van der Waals surface area (Å²) in [4.78, 5) is 6.96. The van der Waals surface area contributed by atoms with E-state index >= 15 is 0 Å². The number of piperidine rings is 1. The highest BCUT2D eigenvalue weighted by molar-refractivity contribution is 9.10. The molecule has 3 rings (SSSR count). The van der Waals surface area contributed by atoms with Crippen LogP contribution in [0.5, 0.6) is 0 Å². The van der Waals surface area contributed by atoms with Crippen LogP contribution in [0.15, 0.2) is 34.9 Å². The summed E-state index contributed by atoms with van der Waals surface area (Å²) in [5.74, 6) is 1.08. The normalized spacial score (nSPS) is 16.6. The summed E-state index contributed by atoms with van der Waals surface area (Å²) in [7, 11) is 0. The Kier molecular flexibility index (Phi) is 4.73. The van der Waals surface area contributed by atoms with E-state index in [2.05, 4.69) is 50.1 Å². The Labute approximate surface area is 133 Å². The van der Waals surface area contributed by atoms with Gasteiger partial charge in [-0.25, -0.2) is 4.98 Å². The van der Waals surface area contributed by atoms with Gasteiger partial charge in [-0.2, -0.15) is 0 Å². The fourth-order valence-corrected chi connectivity index (χ4v) is 3.37. The van der Waals surface area contributed by atoms with Gasteiger partial charge in [-0.1, -0.05) is 28.1 Å². The number of rotatable bonds is 4. The van der Waals surface area contributed by atoms with E-state index in [9.17, 15) is 0 Å². The first-order valence-electron chi connectivity index (χ1n) is 7.39. The maximum absolute atomic E-state index is 5.74. The van der Waals surface area contributed by atoms with Crippen LogP contribution in [-0.4, -0.2) is 37.3 Å². The van der Waals surface area contributed by atoms with Crippen molar-refractivity contribution < 1.29 is 4.74 Å². The first kappa shape index (κ1) is 14.8. The maximum Gasteiger partial charge on any atom is 0.136 e. The zero-order valence-corrected chi connectivity index (χ0v) is 13.6. The van der Waals surface area contributed by atoms with Crippen molar-refractivity contribution in [2.24, 2.45) is 5.73 Å². The highest BCUT2D eigenvalue weighted by atomic mass is 79.9. The molecule has 4 nitrogen and oxygen atoms in total. The highest BCUT2D eigenvalue weighted by Crippen LogP contribution is 2.31. The van der Waals surface area contributed by atoms with Gasteiger partial charge in [0.15, 0.2) is 0 Å². The lowest BCUT2D eigenvalue weighted by Gasteiger charge is -2.33. The second-order valence-electron chi connectivity index (χ2n) is 5.32. The molecule has 0 radical (unpaired) electrons. The number of hydrogen-bond donors (Lipinski definition) is 1. The molecule has 2 heterocycles. The standard InChI is InChI=1S/C16H20BrN3O/c17-15-3-1-2-14-13(15)4-8-19-16(14)20-9-5-12(6-10-20)21-11-7-18/h1-4,8,12H,5-7,9-11,18H2. The Hall–Kier alpha value is -1.17. The quantitative estimate of drug-likeness (QED) is 0.921. The Bertz CT molecular complexity index is 611. The van der Waals surface area contributed by atoms with Gasteiger partial charge in [0.2, 0.25) is 0 Å². The van der Waals surface area contributed by atoms with Crippen LogP contribution in [0.1, 0.15) is 12.8 Å². The smallest absolute Gasteiger partial charge is 0.136 e. The third-order valence-electron chi connectivity index (χ3n) is 3.94. The van der Waals surface area contributed by atoms with Crippen LogP contribution in [0, 0.1) is 0 Å². The Morgan fingerprint density at radius 3 is 2.81 bits per heavy atom. The van der Waals surface area contributed by atoms with Gasteiger partial charge in [0, 0.05) is 41.1 Å². The molecule has 21 heavy (non-hydrogen) atoms. The van der Waals surface area contributed by atoms with E-state index in [1.54, 1.807) is 0 Å². The zero-order valence-electron chi connectivity index (χ0n) is 12.0. The van der Waals surface area contributed by atoms with Gasteiger partial charge >= 0.3 is 0 Å². The Morgan fingerprint density at radius 2 is 2.05 bits per heavy atom. The SMILES string of the molecule is NCCOC1CCN(c2nccc3c(Br)cccc23)CC1. The molecular formula is C16H20BrN3O. The molecule has 0 spiro atoms. The Morgan fingerprint density at radius 1 is 1.24 bits per heavy atom. The van der Waals surface area contributed by atoms with E-state index in [0.29, 0.717) is 19.3 Å².